The average Bonchev–Trinajstić information content (AvgIpc) is 3.08. The van der Waals surface area contributed by atoms with Crippen molar-refractivity contribution in [1.82, 2.24) is 24.3 Å². The minimum atomic E-state index is -0.112. The van der Waals surface area contributed by atoms with Crippen LogP contribution in [0.2, 0.25) is 0 Å². The number of nitrogens with two attached hydrogens (primary N) is 1. The van der Waals surface area contributed by atoms with Crippen LogP contribution in [0.4, 0.5) is 0 Å². The molecule has 4 aromatic rings. The molecule has 1 aromatic carbocycles. The van der Waals surface area contributed by atoms with E-state index in [-0.39, 0.29) is 5.56 Å². The van der Waals surface area contributed by atoms with Gasteiger partial charge in [0.25, 0.3) is 5.56 Å². The number of nitrogens with zero attached hydrogens (tertiary/aromatic N) is 5. The molecular weight excluding hydrogens is 388 g/mol. The lowest BCUT2D eigenvalue weighted by Crippen LogP contribution is -2.15. The fraction of sp³-hybridized carbons (Fsp3) is 0.200. The number of hydrogen-bond donors (Lipinski definition) is 1. The maximum Gasteiger partial charge on any atom is 0.258 e. The van der Waals surface area contributed by atoms with Crippen molar-refractivity contribution in [2.45, 2.75) is 24.8 Å². The lowest BCUT2D eigenvalue weighted by Gasteiger charge is -2.06. The van der Waals surface area contributed by atoms with E-state index >= 15 is 0 Å². The minimum Gasteiger partial charge on any atom is -0.494 e. The molecular formula is C20H20N6O2S. The third-order valence-corrected chi connectivity index (χ3v) is 5.27. The average molecular weight is 408 g/mol. The highest BCUT2D eigenvalue weighted by Crippen LogP contribution is 2.25. The van der Waals surface area contributed by atoms with E-state index in [1.807, 2.05) is 50.2 Å². The number of fused-ring (bicyclic) bond motifs is 1. The topological polar surface area (TPSA) is 100 Å². The predicted octanol–water partition coefficient (Wildman–Crippen LogP) is 2.67. The van der Waals surface area contributed by atoms with Crippen molar-refractivity contribution in [3.63, 3.8) is 0 Å². The Morgan fingerprint density at radius 2 is 1.93 bits per heavy atom. The summed E-state index contributed by atoms with van der Waals surface area (Å²) in [6.07, 6.45) is 1.78. The number of thioether (sulfide) groups is 1. The van der Waals surface area contributed by atoms with Crippen LogP contribution in [0.3, 0.4) is 0 Å². The molecule has 3 aromatic heterocycles. The number of aryl methyl sites for hydroxylation is 1. The Morgan fingerprint density at radius 3 is 2.69 bits per heavy atom. The van der Waals surface area contributed by atoms with E-state index in [1.54, 1.807) is 10.6 Å². The molecule has 0 bridgehead atoms. The third kappa shape index (κ3) is 3.95. The van der Waals surface area contributed by atoms with Gasteiger partial charge in [0.15, 0.2) is 5.82 Å². The second kappa shape index (κ2) is 7.96. The number of aromatic nitrogens is 5. The molecule has 29 heavy (non-hydrogen) atoms. The number of rotatable bonds is 6. The monoisotopic (exact) mass is 408 g/mol. The maximum absolute atomic E-state index is 12.3. The first kappa shape index (κ1) is 19.0. The zero-order chi connectivity index (χ0) is 20.4. The Morgan fingerprint density at radius 1 is 1.14 bits per heavy atom. The van der Waals surface area contributed by atoms with Gasteiger partial charge in [-0.2, -0.15) is 0 Å². The van der Waals surface area contributed by atoms with Gasteiger partial charge >= 0.3 is 0 Å². The molecule has 0 amide bonds. The van der Waals surface area contributed by atoms with E-state index in [2.05, 4.69) is 15.2 Å². The largest absolute Gasteiger partial charge is 0.494 e. The van der Waals surface area contributed by atoms with Gasteiger partial charge in [-0.15, -0.1) is 10.2 Å². The van der Waals surface area contributed by atoms with E-state index in [0.717, 1.165) is 16.9 Å². The maximum atomic E-state index is 12.3. The van der Waals surface area contributed by atoms with Crippen LogP contribution in [0.25, 0.3) is 17.0 Å². The second-order valence-corrected chi connectivity index (χ2v) is 7.39. The first-order valence-corrected chi connectivity index (χ1v) is 10.1. The number of pyridine rings is 1. The normalized spacial score (nSPS) is 11.1. The van der Waals surface area contributed by atoms with Crippen molar-refractivity contribution < 1.29 is 4.74 Å². The number of ether oxygens (including phenoxy) is 1. The minimum absolute atomic E-state index is 0.112. The van der Waals surface area contributed by atoms with Crippen LogP contribution in [0.5, 0.6) is 5.75 Å². The third-order valence-electron chi connectivity index (χ3n) is 4.30. The van der Waals surface area contributed by atoms with Crippen LogP contribution in [0, 0.1) is 6.92 Å². The highest BCUT2D eigenvalue weighted by Gasteiger charge is 2.13. The SMILES string of the molecule is CCOc1ccc(-c2nnc(SCc3cc(=O)n4cc(C)ccc4n3)n2N)cc1. The Labute approximate surface area is 171 Å². The first-order chi connectivity index (χ1) is 14.0. The van der Waals surface area contributed by atoms with Gasteiger partial charge in [0.2, 0.25) is 5.16 Å². The first-order valence-electron chi connectivity index (χ1n) is 9.10. The van der Waals surface area contributed by atoms with Gasteiger partial charge in [-0.25, -0.2) is 9.66 Å². The molecule has 148 valence electrons. The van der Waals surface area contributed by atoms with Gasteiger partial charge < -0.3 is 10.6 Å². The highest BCUT2D eigenvalue weighted by molar-refractivity contribution is 7.98. The van der Waals surface area contributed by atoms with Crippen molar-refractivity contribution in [2.75, 3.05) is 12.4 Å². The molecule has 8 nitrogen and oxygen atoms in total. The summed E-state index contributed by atoms with van der Waals surface area (Å²) in [7, 11) is 0. The predicted molar refractivity (Wildman–Crippen MR) is 113 cm³/mol. The summed E-state index contributed by atoms with van der Waals surface area (Å²) in [6, 6.07) is 12.8. The van der Waals surface area contributed by atoms with E-state index < -0.39 is 0 Å². The molecule has 0 fully saturated rings. The quantitative estimate of drug-likeness (QED) is 0.387. The zero-order valence-corrected chi connectivity index (χ0v) is 16.9. The van der Waals surface area contributed by atoms with Crippen LogP contribution >= 0.6 is 11.8 Å². The Kier molecular flexibility index (Phi) is 5.22. The highest BCUT2D eigenvalue weighted by atomic mass is 32.2. The Bertz CT molecular complexity index is 1220. The lowest BCUT2D eigenvalue weighted by atomic mass is 10.2. The van der Waals surface area contributed by atoms with Crippen LogP contribution in [0.1, 0.15) is 18.2 Å². The summed E-state index contributed by atoms with van der Waals surface area (Å²) in [5.41, 5.74) is 3.00. The van der Waals surface area contributed by atoms with Crippen LogP contribution in [-0.4, -0.2) is 30.9 Å². The Balaban J connectivity index is 1.53. The van der Waals surface area contributed by atoms with Crippen molar-refractivity contribution >= 4 is 17.4 Å². The Hall–Kier alpha value is -3.33. The molecule has 0 spiro atoms. The van der Waals surface area contributed by atoms with Gasteiger partial charge in [0.1, 0.15) is 11.4 Å². The molecule has 0 aliphatic rings. The molecule has 9 heteroatoms. The van der Waals surface area contributed by atoms with Crippen LogP contribution in [0.15, 0.2) is 58.6 Å². The molecule has 0 aliphatic heterocycles. The number of hydrogen-bond acceptors (Lipinski definition) is 7. The van der Waals surface area contributed by atoms with Gasteiger partial charge in [-0.05, 0) is 49.7 Å². The standard InChI is InChI=1S/C20H20N6O2S/c1-3-28-16-7-5-14(6-8-16)19-23-24-20(26(19)21)29-12-15-10-18(27)25-11-13(2)4-9-17(25)22-15/h4-11H,3,12,21H2,1-2H3. The second-order valence-electron chi connectivity index (χ2n) is 6.44. The molecule has 0 saturated heterocycles. The lowest BCUT2D eigenvalue weighted by molar-refractivity contribution is 0.340. The van der Waals surface area contributed by atoms with Gasteiger partial charge in [0, 0.05) is 23.6 Å². The molecule has 0 saturated carbocycles. The van der Waals surface area contributed by atoms with E-state index in [1.165, 1.54) is 22.5 Å². The molecule has 4 rings (SSSR count). The number of nitrogen functional groups attached to an aromatic ring is 1. The molecule has 2 N–H and O–H groups in total. The fourth-order valence-corrected chi connectivity index (χ4v) is 3.66. The summed E-state index contributed by atoms with van der Waals surface area (Å²) in [6.45, 7) is 4.48. The van der Waals surface area contributed by atoms with E-state index in [9.17, 15) is 4.79 Å². The molecule has 0 radical (unpaired) electrons. The summed E-state index contributed by atoms with van der Waals surface area (Å²) < 4.78 is 8.44. The summed E-state index contributed by atoms with van der Waals surface area (Å²) in [5.74, 6) is 7.99. The van der Waals surface area contributed by atoms with Crippen LogP contribution < -0.4 is 16.1 Å². The summed E-state index contributed by atoms with van der Waals surface area (Å²) >= 11 is 1.38. The van der Waals surface area contributed by atoms with E-state index in [0.29, 0.717) is 34.7 Å². The van der Waals surface area contributed by atoms with Gasteiger partial charge in [-0.3, -0.25) is 9.20 Å². The molecule has 0 atom stereocenters. The van der Waals surface area contributed by atoms with Crippen molar-refractivity contribution in [2.24, 2.45) is 0 Å². The molecule has 0 aliphatic carbocycles. The fourth-order valence-electron chi connectivity index (χ4n) is 2.91. The van der Waals surface area contributed by atoms with E-state index in [4.69, 9.17) is 10.6 Å². The zero-order valence-electron chi connectivity index (χ0n) is 16.1. The smallest absolute Gasteiger partial charge is 0.258 e. The van der Waals surface area contributed by atoms with Crippen molar-refractivity contribution in [3.8, 4) is 17.1 Å². The van der Waals surface area contributed by atoms with Gasteiger partial charge in [0.05, 0.1) is 12.3 Å². The van der Waals surface area contributed by atoms with Gasteiger partial charge in [-0.1, -0.05) is 17.8 Å². The van der Waals surface area contributed by atoms with Crippen molar-refractivity contribution in [3.05, 3.63) is 70.3 Å². The van der Waals surface area contributed by atoms with Crippen molar-refractivity contribution in [1.29, 1.82) is 0 Å². The summed E-state index contributed by atoms with van der Waals surface area (Å²) in [5, 5.41) is 8.90. The summed E-state index contributed by atoms with van der Waals surface area (Å²) in [4.78, 5) is 16.9. The van der Waals surface area contributed by atoms with Crippen LogP contribution in [-0.2, 0) is 5.75 Å². The molecule has 0 unspecified atom stereocenters. The number of benzene rings is 1. The molecule has 3 heterocycles.